The molecule has 0 spiro atoms. The van der Waals surface area contributed by atoms with Crippen LogP contribution < -0.4 is 5.32 Å². The molecular formula is C11H11NO2S. The number of rotatable bonds is 3. The topological polar surface area (TPSA) is 49.3 Å². The normalized spacial score (nSPS) is 10.4. The monoisotopic (exact) mass is 221 g/mol. The van der Waals surface area contributed by atoms with Gasteiger partial charge in [0.2, 0.25) is 0 Å². The summed E-state index contributed by atoms with van der Waals surface area (Å²) in [5.74, 6) is 0. The van der Waals surface area contributed by atoms with E-state index in [1.807, 2.05) is 12.1 Å². The second-order valence-corrected chi connectivity index (χ2v) is 4.15. The molecule has 2 N–H and O–H groups in total. The number of hydrogen-bond acceptors (Lipinski definition) is 2. The summed E-state index contributed by atoms with van der Waals surface area (Å²) in [6, 6.07) is 8.16. The SMILES string of the molecule is O=C(O)NCCc1csc2ccccc12. The molecule has 0 radical (unpaired) electrons. The molecule has 1 heterocycles. The average Bonchev–Trinajstić information content (AvgIpc) is 2.62. The van der Waals surface area contributed by atoms with Gasteiger partial charge < -0.3 is 10.4 Å². The van der Waals surface area contributed by atoms with Crippen LogP contribution in [0.2, 0.25) is 0 Å². The maximum absolute atomic E-state index is 10.3. The van der Waals surface area contributed by atoms with Crippen LogP contribution in [-0.2, 0) is 6.42 Å². The van der Waals surface area contributed by atoms with Crippen LogP contribution in [0.25, 0.3) is 10.1 Å². The van der Waals surface area contributed by atoms with Gasteiger partial charge in [-0.15, -0.1) is 11.3 Å². The van der Waals surface area contributed by atoms with E-state index in [9.17, 15) is 4.79 Å². The third-order valence-electron chi connectivity index (χ3n) is 2.23. The molecule has 1 amide bonds. The van der Waals surface area contributed by atoms with Crippen LogP contribution in [0, 0.1) is 0 Å². The molecule has 0 aliphatic carbocycles. The maximum Gasteiger partial charge on any atom is 0.404 e. The number of hydrogen-bond donors (Lipinski definition) is 2. The summed E-state index contributed by atoms with van der Waals surface area (Å²) < 4.78 is 1.25. The van der Waals surface area contributed by atoms with E-state index in [0.29, 0.717) is 6.54 Å². The molecule has 1 aromatic heterocycles. The first-order chi connectivity index (χ1) is 7.27. The molecule has 0 fully saturated rings. The summed E-state index contributed by atoms with van der Waals surface area (Å²) in [5, 5.41) is 14.1. The molecule has 0 aliphatic rings. The van der Waals surface area contributed by atoms with Crippen molar-refractivity contribution in [2.45, 2.75) is 6.42 Å². The zero-order valence-corrected chi connectivity index (χ0v) is 8.88. The van der Waals surface area contributed by atoms with Crippen molar-refractivity contribution in [1.29, 1.82) is 0 Å². The van der Waals surface area contributed by atoms with Gasteiger partial charge in [0, 0.05) is 11.2 Å². The van der Waals surface area contributed by atoms with Gasteiger partial charge >= 0.3 is 6.09 Å². The summed E-state index contributed by atoms with van der Waals surface area (Å²) in [7, 11) is 0. The third kappa shape index (κ3) is 2.27. The van der Waals surface area contributed by atoms with Crippen LogP contribution >= 0.6 is 11.3 Å². The Kier molecular flexibility index (Phi) is 2.87. The van der Waals surface area contributed by atoms with E-state index in [1.54, 1.807) is 11.3 Å². The van der Waals surface area contributed by atoms with Crippen molar-refractivity contribution >= 4 is 27.5 Å². The lowest BCUT2D eigenvalue weighted by Crippen LogP contribution is -2.23. The lowest BCUT2D eigenvalue weighted by atomic mass is 10.1. The number of thiophene rings is 1. The molecule has 15 heavy (non-hydrogen) atoms. The molecule has 4 heteroatoms. The van der Waals surface area contributed by atoms with Crippen LogP contribution in [0.4, 0.5) is 4.79 Å². The highest BCUT2D eigenvalue weighted by molar-refractivity contribution is 7.17. The van der Waals surface area contributed by atoms with Gasteiger partial charge in [0.15, 0.2) is 0 Å². The second kappa shape index (κ2) is 4.31. The summed E-state index contributed by atoms with van der Waals surface area (Å²) >= 11 is 1.70. The van der Waals surface area contributed by atoms with E-state index >= 15 is 0 Å². The lowest BCUT2D eigenvalue weighted by molar-refractivity contribution is 0.194. The predicted octanol–water partition coefficient (Wildman–Crippen LogP) is 2.71. The number of carboxylic acid groups (broad SMARTS) is 1. The fraction of sp³-hybridized carbons (Fsp3) is 0.182. The van der Waals surface area contributed by atoms with Gasteiger partial charge in [-0.2, -0.15) is 0 Å². The zero-order chi connectivity index (χ0) is 10.7. The predicted molar refractivity (Wildman–Crippen MR) is 61.6 cm³/mol. The van der Waals surface area contributed by atoms with Crippen molar-refractivity contribution in [3.05, 3.63) is 35.2 Å². The van der Waals surface area contributed by atoms with Gasteiger partial charge in [0.1, 0.15) is 0 Å². The van der Waals surface area contributed by atoms with E-state index in [4.69, 9.17) is 5.11 Å². The largest absolute Gasteiger partial charge is 0.465 e. The fourth-order valence-corrected chi connectivity index (χ4v) is 2.53. The molecule has 0 atom stereocenters. The highest BCUT2D eigenvalue weighted by atomic mass is 32.1. The smallest absolute Gasteiger partial charge is 0.404 e. The van der Waals surface area contributed by atoms with E-state index in [-0.39, 0.29) is 0 Å². The number of fused-ring (bicyclic) bond motifs is 1. The fourth-order valence-electron chi connectivity index (χ4n) is 1.53. The quantitative estimate of drug-likeness (QED) is 0.837. The van der Waals surface area contributed by atoms with Crippen LogP contribution in [0.3, 0.4) is 0 Å². The van der Waals surface area contributed by atoms with E-state index in [2.05, 4.69) is 22.8 Å². The summed E-state index contributed by atoms with van der Waals surface area (Å²) in [6.45, 7) is 0.468. The molecule has 0 saturated carbocycles. The van der Waals surface area contributed by atoms with E-state index in [1.165, 1.54) is 15.6 Å². The van der Waals surface area contributed by atoms with Gasteiger partial charge in [-0.1, -0.05) is 18.2 Å². The maximum atomic E-state index is 10.3. The van der Waals surface area contributed by atoms with Gasteiger partial charge in [0.05, 0.1) is 0 Å². The van der Waals surface area contributed by atoms with Crippen molar-refractivity contribution in [1.82, 2.24) is 5.32 Å². The molecular weight excluding hydrogens is 210 g/mol. The molecule has 0 unspecified atom stereocenters. The number of nitrogens with one attached hydrogen (secondary N) is 1. The molecule has 1 aromatic carbocycles. The van der Waals surface area contributed by atoms with Gasteiger partial charge in [-0.05, 0) is 28.8 Å². The molecule has 0 saturated heterocycles. The Morgan fingerprint density at radius 1 is 1.40 bits per heavy atom. The minimum atomic E-state index is -0.963. The minimum Gasteiger partial charge on any atom is -0.465 e. The molecule has 3 nitrogen and oxygen atoms in total. The molecule has 2 rings (SSSR count). The highest BCUT2D eigenvalue weighted by Crippen LogP contribution is 2.25. The number of carbonyl (C=O) groups is 1. The lowest BCUT2D eigenvalue weighted by Gasteiger charge is -1.99. The van der Waals surface area contributed by atoms with Gasteiger partial charge in [0.25, 0.3) is 0 Å². The Balaban J connectivity index is 2.11. The van der Waals surface area contributed by atoms with Gasteiger partial charge in [-0.25, -0.2) is 4.79 Å². The Hall–Kier alpha value is -1.55. The zero-order valence-electron chi connectivity index (χ0n) is 8.06. The van der Waals surface area contributed by atoms with Crippen LogP contribution in [-0.4, -0.2) is 17.7 Å². The summed E-state index contributed by atoms with van der Waals surface area (Å²) in [6.07, 6.45) is -0.217. The first-order valence-corrected chi connectivity index (χ1v) is 5.57. The Labute approximate surface area is 91.4 Å². The molecule has 0 bridgehead atoms. The first kappa shape index (κ1) is 9.98. The Bertz CT molecular complexity index is 478. The second-order valence-electron chi connectivity index (χ2n) is 3.24. The summed E-state index contributed by atoms with van der Waals surface area (Å²) in [4.78, 5) is 10.3. The number of amides is 1. The summed E-state index contributed by atoms with van der Waals surface area (Å²) in [5.41, 5.74) is 1.21. The standard InChI is InChI=1S/C11H11NO2S/c13-11(14)12-6-5-8-7-15-10-4-2-1-3-9(8)10/h1-4,7,12H,5-6H2,(H,13,14). The molecule has 2 aromatic rings. The number of benzene rings is 1. The minimum absolute atomic E-state index is 0.468. The van der Waals surface area contributed by atoms with Crippen LogP contribution in [0.1, 0.15) is 5.56 Å². The third-order valence-corrected chi connectivity index (χ3v) is 3.24. The van der Waals surface area contributed by atoms with Crippen molar-refractivity contribution in [3.8, 4) is 0 Å². The van der Waals surface area contributed by atoms with Crippen LogP contribution in [0.5, 0.6) is 0 Å². The Morgan fingerprint density at radius 2 is 2.20 bits per heavy atom. The van der Waals surface area contributed by atoms with E-state index < -0.39 is 6.09 Å². The van der Waals surface area contributed by atoms with Crippen molar-refractivity contribution < 1.29 is 9.90 Å². The van der Waals surface area contributed by atoms with Crippen molar-refractivity contribution in [3.63, 3.8) is 0 Å². The van der Waals surface area contributed by atoms with Gasteiger partial charge in [-0.3, -0.25) is 0 Å². The average molecular weight is 221 g/mol. The molecule has 78 valence electrons. The Morgan fingerprint density at radius 3 is 3.00 bits per heavy atom. The van der Waals surface area contributed by atoms with E-state index in [0.717, 1.165) is 6.42 Å². The molecule has 0 aliphatic heterocycles. The van der Waals surface area contributed by atoms with Crippen LogP contribution in [0.15, 0.2) is 29.6 Å². The van der Waals surface area contributed by atoms with Crippen molar-refractivity contribution in [2.75, 3.05) is 6.54 Å². The highest BCUT2D eigenvalue weighted by Gasteiger charge is 2.03. The first-order valence-electron chi connectivity index (χ1n) is 4.69. The van der Waals surface area contributed by atoms with Crippen molar-refractivity contribution in [2.24, 2.45) is 0 Å².